The van der Waals surface area contributed by atoms with Gasteiger partial charge < -0.3 is 14.6 Å². The summed E-state index contributed by atoms with van der Waals surface area (Å²) in [6.07, 6.45) is 1.76. The standard InChI is InChI=1S/C11H21NO3/c1-9(10(2)13)12-5-3-4-11(8-12)14-6-7-15-11/h9-10,13H,3-8H2,1-2H3. The highest BCUT2D eigenvalue weighted by Gasteiger charge is 2.42. The van der Waals surface area contributed by atoms with Crippen molar-refractivity contribution in [1.29, 1.82) is 0 Å². The summed E-state index contributed by atoms with van der Waals surface area (Å²) in [5.41, 5.74) is 0. The molecule has 2 aliphatic heterocycles. The van der Waals surface area contributed by atoms with Crippen molar-refractivity contribution < 1.29 is 14.6 Å². The molecule has 0 aromatic heterocycles. The SMILES string of the molecule is CC(O)C(C)N1CCCC2(C1)OCCO2. The Labute approximate surface area is 91.2 Å². The molecule has 0 radical (unpaired) electrons. The minimum Gasteiger partial charge on any atom is -0.392 e. The first kappa shape index (κ1) is 11.3. The van der Waals surface area contributed by atoms with E-state index in [1.165, 1.54) is 0 Å². The predicted molar refractivity (Wildman–Crippen MR) is 56.6 cm³/mol. The van der Waals surface area contributed by atoms with Crippen molar-refractivity contribution >= 4 is 0 Å². The molecule has 2 unspecified atom stereocenters. The van der Waals surface area contributed by atoms with Crippen molar-refractivity contribution in [1.82, 2.24) is 4.90 Å². The zero-order chi connectivity index (χ0) is 10.9. The van der Waals surface area contributed by atoms with E-state index in [0.29, 0.717) is 13.2 Å². The molecule has 2 aliphatic rings. The number of likely N-dealkylation sites (tertiary alicyclic amines) is 1. The highest BCUT2D eigenvalue weighted by molar-refractivity contribution is 4.87. The summed E-state index contributed by atoms with van der Waals surface area (Å²) in [7, 11) is 0. The van der Waals surface area contributed by atoms with Crippen molar-refractivity contribution in [2.75, 3.05) is 26.3 Å². The number of hydrogen-bond donors (Lipinski definition) is 1. The van der Waals surface area contributed by atoms with Crippen LogP contribution in [-0.2, 0) is 9.47 Å². The summed E-state index contributed by atoms with van der Waals surface area (Å²) in [5.74, 6) is -0.374. The van der Waals surface area contributed by atoms with E-state index in [1.807, 2.05) is 6.92 Å². The van der Waals surface area contributed by atoms with Gasteiger partial charge in [-0.2, -0.15) is 0 Å². The largest absolute Gasteiger partial charge is 0.392 e. The van der Waals surface area contributed by atoms with Gasteiger partial charge in [0.1, 0.15) is 0 Å². The van der Waals surface area contributed by atoms with Gasteiger partial charge in [0.15, 0.2) is 5.79 Å². The van der Waals surface area contributed by atoms with E-state index in [1.54, 1.807) is 0 Å². The van der Waals surface area contributed by atoms with Crippen LogP contribution in [0.3, 0.4) is 0 Å². The molecule has 4 heteroatoms. The van der Waals surface area contributed by atoms with Gasteiger partial charge in [0.05, 0.1) is 25.9 Å². The van der Waals surface area contributed by atoms with E-state index in [2.05, 4.69) is 11.8 Å². The van der Waals surface area contributed by atoms with Crippen LogP contribution in [0.15, 0.2) is 0 Å². The van der Waals surface area contributed by atoms with Crippen LogP contribution in [-0.4, -0.2) is 54.2 Å². The van der Waals surface area contributed by atoms with Crippen molar-refractivity contribution in [3.63, 3.8) is 0 Å². The molecule has 0 aliphatic carbocycles. The van der Waals surface area contributed by atoms with Crippen molar-refractivity contribution in [3.8, 4) is 0 Å². The molecule has 1 spiro atoms. The molecule has 0 bridgehead atoms. The fraction of sp³-hybridized carbons (Fsp3) is 1.00. The van der Waals surface area contributed by atoms with Crippen LogP contribution in [0.25, 0.3) is 0 Å². The summed E-state index contributed by atoms with van der Waals surface area (Å²) in [6, 6.07) is 0.176. The Morgan fingerprint density at radius 3 is 2.53 bits per heavy atom. The number of ether oxygens (including phenoxy) is 2. The molecule has 0 saturated carbocycles. The summed E-state index contributed by atoms with van der Waals surface area (Å²) >= 11 is 0. The molecule has 2 rings (SSSR count). The lowest BCUT2D eigenvalue weighted by Crippen LogP contribution is -2.54. The minimum absolute atomic E-state index is 0.176. The Kier molecular flexibility index (Phi) is 3.30. The summed E-state index contributed by atoms with van der Waals surface area (Å²) < 4.78 is 11.4. The first-order valence-corrected chi connectivity index (χ1v) is 5.83. The molecular formula is C11H21NO3. The molecule has 88 valence electrons. The second-order valence-electron chi connectivity index (χ2n) is 4.66. The number of piperidine rings is 1. The third-order valence-corrected chi connectivity index (χ3v) is 3.53. The van der Waals surface area contributed by atoms with Gasteiger partial charge in [0, 0.05) is 12.5 Å². The third kappa shape index (κ3) is 2.33. The summed E-state index contributed by atoms with van der Waals surface area (Å²) in [6.45, 7) is 7.12. The first-order valence-electron chi connectivity index (χ1n) is 5.83. The Balaban J connectivity index is 1.97. The van der Waals surface area contributed by atoms with E-state index in [-0.39, 0.29) is 17.9 Å². The first-order chi connectivity index (χ1) is 7.13. The lowest BCUT2D eigenvalue weighted by Gasteiger charge is -2.42. The van der Waals surface area contributed by atoms with E-state index in [4.69, 9.17) is 9.47 Å². The molecule has 2 heterocycles. The van der Waals surface area contributed by atoms with Gasteiger partial charge in [0.2, 0.25) is 0 Å². The highest BCUT2D eigenvalue weighted by Crippen LogP contribution is 2.31. The fourth-order valence-corrected chi connectivity index (χ4v) is 2.40. The normalized spacial score (nSPS) is 30.6. The molecule has 2 saturated heterocycles. The minimum atomic E-state index is -0.374. The van der Waals surface area contributed by atoms with Crippen LogP contribution < -0.4 is 0 Å². The lowest BCUT2D eigenvalue weighted by atomic mass is 10.0. The summed E-state index contributed by atoms with van der Waals surface area (Å²) in [5, 5.41) is 9.58. The maximum Gasteiger partial charge on any atom is 0.181 e. The maximum atomic E-state index is 9.58. The summed E-state index contributed by atoms with van der Waals surface area (Å²) in [4.78, 5) is 2.26. The van der Waals surface area contributed by atoms with Gasteiger partial charge >= 0.3 is 0 Å². The number of rotatable bonds is 2. The van der Waals surface area contributed by atoms with Gasteiger partial charge in [-0.15, -0.1) is 0 Å². The van der Waals surface area contributed by atoms with E-state index < -0.39 is 0 Å². The van der Waals surface area contributed by atoms with Crippen molar-refractivity contribution in [2.24, 2.45) is 0 Å². The molecule has 2 fully saturated rings. The quantitative estimate of drug-likeness (QED) is 0.732. The fourth-order valence-electron chi connectivity index (χ4n) is 2.40. The van der Waals surface area contributed by atoms with Gasteiger partial charge in [-0.3, -0.25) is 4.90 Å². The van der Waals surface area contributed by atoms with Gasteiger partial charge in [-0.05, 0) is 26.8 Å². The molecule has 4 nitrogen and oxygen atoms in total. The van der Waals surface area contributed by atoms with Crippen LogP contribution in [0.2, 0.25) is 0 Å². The Morgan fingerprint density at radius 1 is 1.27 bits per heavy atom. The molecular weight excluding hydrogens is 194 g/mol. The maximum absolute atomic E-state index is 9.58. The lowest BCUT2D eigenvalue weighted by molar-refractivity contribution is -0.196. The molecule has 1 N–H and O–H groups in total. The van der Waals surface area contributed by atoms with Gasteiger partial charge in [-0.1, -0.05) is 0 Å². The molecule has 0 aromatic carbocycles. The zero-order valence-electron chi connectivity index (χ0n) is 9.61. The topological polar surface area (TPSA) is 41.9 Å². The van der Waals surface area contributed by atoms with Crippen molar-refractivity contribution in [2.45, 2.75) is 44.6 Å². The number of aliphatic hydroxyl groups excluding tert-OH is 1. The van der Waals surface area contributed by atoms with E-state index in [9.17, 15) is 5.11 Å². The predicted octanol–water partition coefficient (Wildman–Crippen LogP) is 0.595. The molecule has 15 heavy (non-hydrogen) atoms. The number of aliphatic hydroxyl groups is 1. The van der Waals surface area contributed by atoms with Crippen LogP contribution in [0.5, 0.6) is 0 Å². The van der Waals surface area contributed by atoms with E-state index in [0.717, 1.165) is 25.9 Å². The highest BCUT2D eigenvalue weighted by atomic mass is 16.7. The second-order valence-corrected chi connectivity index (χ2v) is 4.66. The van der Waals surface area contributed by atoms with Gasteiger partial charge in [0.25, 0.3) is 0 Å². The zero-order valence-corrected chi connectivity index (χ0v) is 9.61. The molecule has 0 aromatic rings. The molecule has 2 atom stereocenters. The van der Waals surface area contributed by atoms with E-state index >= 15 is 0 Å². The van der Waals surface area contributed by atoms with Crippen LogP contribution >= 0.6 is 0 Å². The van der Waals surface area contributed by atoms with Crippen LogP contribution in [0.1, 0.15) is 26.7 Å². The Bertz CT molecular complexity index is 214. The number of hydrogen-bond acceptors (Lipinski definition) is 4. The average molecular weight is 215 g/mol. The third-order valence-electron chi connectivity index (χ3n) is 3.53. The smallest absolute Gasteiger partial charge is 0.181 e. The van der Waals surface area contributed by atoms with Crippen LogP contribution in [0, 0.1) is 0 Å². The average Bonchev–Trinajstić information content (AvgIpc) is 2.65. The molecule has 0 amide bonds. The second kappa shape index (κ2) is 4.37. The van der Waals surface area contributed by atoms with Crippen molar-refractivity contribution in [3.05, 3.63) is 0 Å². The Morgan fingerprint density at radius 2 is 1.93 bits per heavy atom. The Hall–Kier alpha value is -0.160. The van der Waals surface area contributed by atoms with Gasteiger partial charge in [-0.25, -0.2) is 0 Å². The number of nitrogens with zero attached hydrogens (tertiary/aromatic N) is 1. The van der Waals surface area contributed by atoms with Crippen LogP contribution in [0.4, 0.5) is 0 Å². The monoisotopic (exact) mass is 215 g/mol.